The highest BCUT2D eigenvalue weighted by atomic mass is 16.4. The summed E-state index contributed by atoms with van der Waals surface area (Å²) in [5.74, 6) is 0.827. The number of carboxylic acid groups (broad SMARTS) is 1. The standard InChI is InChI=1S/C13H21NO3/c1-4-5-6-11(13(15)16)14-10(3)12-8-7-9(2)17-12/h7-8,10-11,14H,4-6H2,1-3H3,(H,15,16). The van der Waals surface area contributed by atoms with Gasteiger partial charge in [-0.25, -0.2) is 0 Å². The molecule has 0 aliphatic rings. The maximum atomic E-state index is 11.1. The van der Waals surface area contributed by atoms with Crippen molar-refractivity contribution in [2.24, 2.45) is 0 Å². The Hall–Kier alpha value is -1.29. The lowest BCUT2D eigenvalue weighted by Crippen LogP contribution is -2.38. The summed E-state index contributed by atoms with van der Waals surface area (Å²) in [4.78, 5) is 11.1. The molecule has 2 N–H and O–H groups in total. The minimum Gasteiger partial charge on any atom is -0.480 e. The SMILES string of the molecule is CCCCC(NC(C)c1ccc(C)o1)C(=O)O. The number of aryl methyl sites for hydroxylation is 1. The third-order valence-electron chi connectivity index (χ3n) is 2.78. The highest BCUT2D eigenvalue weighted by Crippen LogP contribution is 2.17. The molecule has 1 heterocycles. The summed E-state index contributed by atoms with van der Waals surface area (Å²) < 4.78 is 5.47. The van der Waals surface area contributed by atoms with Crippen molar-refractivity contribution >= 4 is 5.97 Å². The summed E-state index contributed by atoms with van der Waals surface area (Å²) in [6.45, 7) is 5.85. The lowest BCUT2D eigenvalue weighted by Gasteiger charge is -2.18. The van der Waals surface area contributed by atoms with E-state index in [0.717, 1.165) is 24.4 Å². The molecule has 0 saturated carbocycles. The fraction of sp³-hybridized carbons (Fsp3) is 0.615. The van der Waals surface area contributed by atoms with E-state index in [-0.39, 0.29) is 6.04 Å². The highest BCUT2D eigenvalue weighted by molar-refractivity contribution is 5.73. The molecule has 0 aromatic carbocycles. The zero-order valence-electron chi connectivity index (χ0n) is 10.7. The summed E-state index contributed by atoms with van der Waals surface area (Å²) in [6.07, 6.45) is 2.56. The van der Waals surface area contributed by atoms with Crippen LogP contribution in [0, 0.1) is 6.92 Å². The van der Waals surface area contributed by atoms with Crippen molar-refractivity contribution in [3.05, 3.63) is 23.7 Å². The largest absolute Gasteiger partial charge is 0.480 e. The number of rotatable bonds is 7. The molecule has 2 unspecified atom stereocenters. The number of carboxylic acids is 1. The molecular formula is C13H21NO3. The summed E-state index contributed by atoms with van der Waals surface area (Å²) in [6, 6.07) is 3.18. The first-order chi connectivity index (χ1) is 8.04. The van der Waals surface area contributed by atoms with E-state index in [4.69, 9.17) is 9.52 Å². The van der Waals surface area contributed by atoms with Gasteiger partial charge in [0.05, 0.1) is 6.04 Å². The van der Waals surface area contributed by atoms with Crippen LogP contribution in [0.25, 0.3) is 0 Å². The number of furan rings is 1. The van der Waals surface area contributed by atoms with Gasteiger partial charge in [-0.1, -0.05) is 19.8 Å². The predicted octanol–water partition coefficient (Wildman–Crippen LogP) is 2.88. The van der Waals surface area contributed by atoms with Crippen molar-refractivity contribution in [3.63, 3.8) is 0 Å². The van der Waals surface area contributed by atoms with Crippen molar-refractivity contribution in [2.45, 2.75) is 52.1 Å². The van der Waals surface area contributed by atoms with Crippen molar-refractivity contribution in [1.82, 2.24) is 5.32 Å². The van der Waals surface area contributed by atoms with E-state index in [1.54, 1.807) is 0 Å². The zero-order chi connectivity index (χ0) is 12.8. The number of hydrogen-bond acceptors (Lipinski definition) is 3. The molecule has 4 heteroatoms. The van der Waals surface area contributed by atoms with Crippen molar-refractivity contribution in [2.75, 3.05) is 0 Å². The van der Waals surface area contributed by atoms with Crippen LogP contribution in [-0.2, 0) is 4.79 Å². The Morgan fingerprint density at radius 3 is 2.71 bits per heavy atom. The third-order valence-corrected chi connectivity index (χ3v) is 2.78. The van der Waals surface area contributed by atoms with Gasteiger partial charge in [-0.15, -0.1) is 0 Å². The Morgan fingerprint density at radius 2 is 2.24 bits per heavy atom. The van der Waals surface area contributed by atoms with E-state index in [0.29, 0.717) is 6.42 Å². The fourth-order valence-electron chi connectivity index (χ4n) is 1.76. The van der Waals surface area contributed by atoms with E-state index >= 15 is 0 Å². The lowest BCUT2D eigenvalue weighted by atomic mass is 10.1. The normalized spacial score (nSPS) is 14.5. The Labute approximate surface area is 102 Å². The first kappa shape index (κ1) is 13.8. The van der Waals surface area contributed by atoms with E-state index in [1.807, 2.05) is 26.0 Å². The summed E-state index contributed by atoms with van der Waals surface area (Å²) in [5.41, 5.74) is 0. The molecule has 0 spiro atoms. The molecule has 1 aromatic rings. The molecule has 1 rings (SSSR count). The van der Waals surface area contributed by atoms with Gasteiger partial charge in [-0.3, -0.25) is 10.1 Å². The van der Waals surface area contributed by atoms with E-state index in [9.17, 15) is 4.79 Å². The second kappa shape index (κ2) is 6.45. The Kier molecular flexibility index (Phi) is 5.22. The van der Waals surface area contributed by atoms with Gasteiger partial charge in [0, 0.05) is 0 Å². The number of nitrogens with one attached hydrogen (secondary N) is 1. The molecule has 0 aliphatic carbocycles. The summed E-state index contributed by atoms with van der Waals surface area (Å²) in [7, 11) is 0. The molecule has 0 bridgehead atoms. The van der Waals surface area contributed by atoms with Crippen LogP contribution in [0.2, 0.25) is 0 Å². The molecule has 0 aliphatic heterocycles. The Bertz CT molecular complexity index is 359. The van der Waals surface area contributed by atoms with Crippen LogP contribution < -0.4 is 5.32 Å². The van der Waals surface area contributed by atoms with E-state index < -0.39 is 12.0 Å². The van der Waals surface area contributed by atoms with Gasteiger partial charge in [0.2, 0.25) is 0 Å². The molecule has 96 valence electrons. The quantitative estimate of drug-likeness (QED) is 0.768. The maximum Gasteiger partial charge on any atom is 0.320 e. The predicted molar refractivity (Wildman–Crippen MR) is 65.9 cm³/mol. The fourth-order valence-corrected chi connectivity index (χ4v) is 1.76. The summed E-state index contributed by atoms with van der Waals surface area (Å²) in [5, 5.41) is 12.2. The van der Waals surface area contributed by atoms with Crippen LogP contribution in [0.3, 0.4) is 0 Å². The van der Waals surface area contributed by atoms with Crippen molar-refractivity contribution in [1.29, 1.82) is 0 Å². The number of aliphatic carboxylic acids is 1. The average Bonchev–Trinajstić information content (AvgIpc) is 2.70. The van der Waals surface area contributed by atoms with Gasteiger partial charge < -0.3 is 9.52 Å². The molecule has 17 heavy (non-hydrogen) atoms. The molecule has 0 radical (unpaired) electrons. The Morgan fingerprint density at radius 1 is 1.53 bits per heavy atom. The number of unbranched alkanes of at least 4 members (excludes halogenated alkanes) is 1. The van der Waals surface area contributed by atoms with Gasteiger partial charge in [0.1, 0.15) is 17.6 Å². The smallest absolute Gasteiger partial charge is 0.320 e. The molecule has 0 saturated heterocycles. The van der Waals surface area contributed by atoms with Crippen molar-refractivity contribution in [3.8, 4) is 0 Å². The molecule has 1 aromatic heterocycles. The summed E-state index contributed by atoms with van der Waals surface area (Å²) >= 11 is 0. The van der Waals surface area contributed by atoms with Gasteiger partial charge in [-0.05, 0) is 32.4 Å². The zero-order valence-corrected chi connectivity index (χ0v) is 10.7. The minimum atomic E-state index is -0.798. The van der Waals surface area contributed by atoms with Crippen LogP contribution in [0.4, 0.5) is 0 Å². The first-order valence-electron chi connectivity index (χ1n) is 6.09. The second-order valence-corrected chi connectivity index (χ2v) is 4.37. The molecular weight excluding hydrogens is 218 g/mol. The van der Waals surface area contributed by atoms with Gasteiger partial charge in [0.15, 0.2) is 0 Å². The van der Waals surface area contributed by atoms with Crippen LogP contribution >= 0.6 is 0 Å². The highest BCUT2D eigenvalue weighted by Gasteiger charge is 2.20. The lowest BCUT2D eigenvalue weighted by molar-refractivity contribution is -0.139. The average molecular weight is 239 g/mol. The minimum absolute atomic E-state index is 0.0818. The van der Waals surface area contributed by atoms with Crippen LogP contribution in [0.15, 0.2) is 16.5 Å². The van der Waals surface area contributed by atoms with Crippen LogP contribution in [0.1, 0.15) is 50.7 Å². The molecule has 4 nitrogen and oxygen atoms in total. The third kappa shape index (κ3) is 4.23. The molecule has 2 atom stereocenters. The van der Waals surface area contributed by atoms with E-state index in [1.165, 1.54) is 0 Å². The molecule has 0 fully saturated rings. The van der Waals surface area contributed by atoms with E-state index in [2.05, 4.69) is 12.2 Å². The topological polar surface area (TPSA) is 62.5 Å². The first-order valence-corrected chi connectivity index (χ1v) is 6.09. The Balaban J connectivity index is 2.57. The molecule has 0 amide bonds. The monoisotopic (exact) mass is 239 g/mol. The second-order valence-electron chi connectivity index (χ2n) is 4.37. The van der Waals surface area contributed by atoms with Gasteiger partial charge >= 0.3 is 5.97 Å². The van der Waals surface area contributed by atoms with Crippen LogP contribution in [0.5, 0.6) is 0 Å². The van der Waals surface area contributed by atoms with Gasteiger partial charge in [-0.2, -0.15) is 0 Å². The van der Waals surface area contributed by atoms with Gasteiger partial charge in [0.25, 0.3) is 0 Å². The van der Waals surface area contributed by atoms with Crippen LogP contribution in [-0.4, -0.2) is 17.1 Å². The maximum absolute atomic E-state index is 11.1. The number of carbonyl (C=O) groups is 1. The van der Waals surface area contributed by atoms with Crippen molar-refractivity contribution < 1.29 is 14.3 Å². The number of hydrogen-bond donors (Lipinski definition) is 2.